The minimum atomic E-state index is -3.37. The van der Waals surface area contributed by atoms with Gasteiger partial charge in [0.25, 0.3) is 0 Å². The van der Waals surface area contributed by atoms with E-state index in [-0.39, 0.29) is 6.04 Å². The molecule has 0 aromatic heterocycles. The summed E-state index contributed by atoms with van der Waals surface area (Å²) < 4.78 is 27.9. The van der Waals surface area contributed by atoms with Gasteiger partial charge in [0.15, 0.2) is 0 Å². The zero-order chi connectivity index (χ0) is 18.6. The summed E-state index contributed by atoms with van der Waals surface area (Å²) in [6.45, 7) is 9.04. The van der Waals surface area contributed by atoms with Gasteiger partial charge in [-0.2, -0.15) is 4.31 Å². The van der Waals surface area contributed by atoms with Gasteiger partial charge in [0.2, 0.25) is 10.0 Å². The van der Waals surface area contributed by atoms with Crippen LogP contribution in [0.2, 0.25) is 0 Å². The van der Waals surface area contributed by atoms with Crippen LogP contribution in [0.1, 0.15) is 44.6 Å². The average Bonchev–Trinajstić information content (AvgIpc) is 3.11. The highest BCUT2D eigenvalue weighted by Crippen LogP contribution is 2.28. The van der Waals surface area contributed by atoms with Gasteiger partial charge in [0.1, 0.15) is 0 Å². The summed E-state index contributed by atoms with van der Waals surface area (Å²) in [4.78, 5) is 2.94. The van der Waals surface area contributed by atoms with E-state index in [1.54, 1.807) is 16.4 Å². The van der Waals surface area contributed by atoms with Crippen LogP contribution in [0.25, 0.3) is 0 Å². The first-order chi connectivity index (χ1) is 12.5. The third-order valence-electron chi connectivity index (χ3n) is 5.78. The predicted molar refractivity (Wildman–Crippen MR) is 106 cm³/mol. The van der Waals surface area contributed by atoms with Crippen molar-refractivity contribution in [1.29, 1.82) is 0 Å². The smallest absolute Gasteiger partial charge is 0.243 e. The fourth-order valence-electron chi connectivity index (χ4n) is 4.31. The molecule has 1 aromatic rings. The Morgan fingerprint density at radius 1 is 1.15 bits per heavy atom. The van der Waals surface area contributed by atoms with Crippen molar-refractivity contribution < 1.29 is 8.42 Å². The van der Waals surface area contributed by atoms with Crippen molar-refractivity contribution in [3.63, 3.8) is 0 Å². The van der Waals surface area contributed by atoms with Crippen molar-refractivity contribution in [3.05, 3.63) is 29.8 Å². The third kappa shape index (κ3) is 4.66. The monoisotopic (exact) mass is 379 g/mol. The second-order valence-corrected chi connectivity index (χ2v) is 9.58. The van der Waals surface area contributed by atoms with Crippen molar-refractivity contribution in [2.75, 3.05) is 32.7 Å². The predicted octanol–water partition coefficient (Wildman–Crippen LogP) is 2.61. The number of nitrogens with zero attached hydrogens (tertiary/aromatic N) is 2. The van der Waals surface area contributed by atoms with E-state index in [2.05, 4.69) is 17.1 Å². The van der Waals surface area contributed by atoms with E-state index in [9.17, 15) is 8.42 Å². The van der Waals surface area contributed by atoms with Crippen LogP contribution in [-0.4, -0.2) is 62.4 Å². The quantitative estimate of drug-likeness (QED) is 0.791. The zero-order valence-electron chi connectivity index (χ0n) is 16.2. The van der Waals surface area contributed by atoms with Gasteiger partial charge in [-0.1, -0.05) is 19.1 Å². The molecule has 0 radical (unpaired) electrons. The standard InChI is InChI=1S/C20H33N3O2S/c1-3-21-18-9-13-22(14-10-18)15-11-19-7-5-12-23(19)26(24,25)20-8-4-6-17(2)16-20/h4,6,8,16,18-19,21H,3,5,7,9-15H2,1-2H3. The second kappa shape index (κ2) is 8.83. The van der Waals surface area contributed by atoms with Crippen LogP contribution in [0.4, 0.5) is 0 Å². The van der Waals surface area contributed by atoms with E-state index < -0.39 is 10.0 Å². The number of benzene rings is 1. The maximum Gasteiger partial charge on any atom is 0.243 e. The van der Waals surface area contributed by atoms with Gasteiger partial charge < -0.3 is 10.2 Å². The van der Waals surface area contributed by atoms with E-state index in [0.717, 1.165) is 51.0 Å². The van der Waals surface area contributed by atoms with Gasteiger partial charge in [0.05, 0.1) is 4.90 Å². The molecule has 1 atom stereocenters. The van der Waals surface area contributed by atoms with Gasteiger partial charge in [-0.25, -0.2) is 8.42 Å². The van der Waals surface area contributed by atoms with Crippen LogP contribution in [0, 0.1) is 6.92 Å². The number of likely N-dealkylation sites (tertiary alicyclic amines) is 1. The van der Waals surface area contributed by atoms with Crippen LogP contribution in [0.5, 0.6) is 0 Å². The number of rotatable bonds is 7. The summed E-state index contributed by atoms with van der Waals surface area (Å²) in [6, 6.07) is 8.09. The van der Waals surface area contributed by atoms with Crippen molar-refractivity contribution >= 4 is 10.0 Å². The van der Waals surface area contributed by atoms with Crippen LogP contribution < -0.4 is 5.32 Å². The summed E-state index contributed by atoms with van der Waals surface area (Å²) >= 11 is 0. The molecule has 1 aromatic carbocycles. The van der Waals surface area contributed by atoms with Gasteiger partial charge in [-0.3, -0.25) is 0 Å². The van der Waals surface area contributed by atoms with Crippen LogP contribution in [-0.2, 0) is 10.0 Å². The van der Waals surface area contributed by atoms with Crippen molar-refractivity contribution in [3.8, 4) is 0 Å². The first kappa shape index (κ1) is 19.8. The molecular formula is C20H33N3O2S. The number of nitrogens with one attached hydrogen (secondary N) is 1. The molecule has 1 unspecified atom stereocenters. The number of hydrogen-bond donors (Lipinski definition) is 1. The molecule has 0 aliphatic carbocycles. The molecule has 0 amide bonds. The van der Waals surface area contributed by atoms with Crippen LogP contribution in [0.15, 0.2) is 29.2 Å². The van der Waals surface area contributed by atoms with Crippen molar-refractivity contribution in [2.24, 2.45) is 0 Å². The lowest BCUT2D eigenvalue weighted by atomic mass is 10.0. The normalized spacial score (nSPS) is 23.5. The Morgan fingerprint density at radius 2 is 1.92 bits per heavy atom. The molecule has 2 aliphatic rings. The molecule has 2 aliphatic heterocycles. The highest BCUT2D eigenvalue weighted by molar-refractivity contribution is 7.89. The summed E-state index contributed by atoms with van der Waals surface area (Å²) in [7, 11) is -3.37. The molecule has 2 heterocycles. The molecule has 0 saturated carbocycles. The fourth-order valence-corrected chi connectivity index (χ4v) is 6.14. The lowest BCUT2D eigenvalue weighted by molar-refractivity contribution is 0.185. The number of aryl methyl sites for hydroxylation is 1. The van der Waals surface area contributed by atoms with Gasteiger partial charge >= 0.3 is 0 Å². The first-order valence-electron chi connectivity index (χ1n) is 10.0. The summed E-state index contributed by atoms with van der Waals surface area (Å²) in [6.07, 6.45) is 5.29. The Balaban J connectivity index is 1.57. The number of piperidine rings is 1. The molecule has 0 bridgehead atoms. The van der Waals surface area contributed by atoms with E-state index in [1.165, 1.54) is 12.8 Å². The van der Waals surface area contributed by atoms with Crippen molar-refractivity contribution in [1.82, 2.24) is 14.5 Å². The van der Waals surface area contributed by atoms with Gasteiger partial charge in [-0.15, -0.1) is 0 Å². The van der Waals surface area contributed by atoms with Crippen LogP contribution >= 0.6 is 0 Å². The summed E-state index contributed by atoms with van der Waals surface area (Å²) in [5.41, 5.74) is 0.991. The Hall–Kier alpha value is -0.950. The van der Waals surface area contributed by atoms with E-state index in [1.807, 2.05) is 19.1 Å². The third-order valence-corrected chi connectivity index (χ3v) is 7.73. The van der Waals surface area contributed by atoms with Gasteiger partial charge in [0, 0.05) is 18.6 Å². The van der Waals surface area contributed by atoms with E-state index in [4.69, 9.17) is 0 Å². The molecule has 26 heavy (non-hydrogen) atoms. The Labute approximate surface area is 158 Å². The molecule has 1 N–H and O–H groups in total. The minimum Gasteiger partial charge on any atom is -0.314 e. The SMILES string of the molecule is CCNC1CCN(CCC2CCCN2S(=O)(=O)c2cccc(C)c2)CC1. The second-order valence-electron chi connectivity index (χ2n) is 7.69. The number of sulfonamides is 1. The van der Waals surface area contributed by atoms with Crippen molar-refractivity contribution in [2.45, 2.75) is 62.9 Å². The summed E-state index contributed by atoms with van der Waals surface area (Å²) in [5, 5.41) is 3.54. The molecule has 5 nitrogen and oxygen atoms in total. The average molecular weight is 380 g/mol. The molecular weight excluding hydrogens is 346 g/mol. The zero-order valence-corrected chi connectivity index (χ0v) is 17.0. The largest absolute Gasteiger partial charge is 0.314 e. The van der Waals surface area contributed by atoms with E-state index >= 15 is 0 Å². The highest BCUT2D eigenvalue weighted by Gasteiger charge is 2.35. The van der Waals surface area contributed by atoms with E-state index in [0.29, 0.717) is 17.5 Å². The molecule has 6 heteroatoms. The molecule has 0 spiro atoms. The number of hydrogen-bond acceptors (Lipinski definition) is 4. The highest BCUT2D eigenvalue weighted by atomic mass is 32.2. The Bertz CT molecular complexity index is 684. The lowest BCUT2D eigenvalue weighted by Gasteiger charge is -2.33. The Morgan fingerprint density at radius 3 is 2.62 bits per heavy atom. The minimum absolute atomic E-state index is 0.145. The first-order valence-corrected chi connectivity index (χ1v) is 11.5. The van der Waals surface area contributed by atoms with Gasteiger partial charge in [-0.05, 0) is 82.9 Å². The molecule has 2 saturated heterocycles. The maximum atomic E-state index is 13.1. The maximum absolute atomic E-state index is 13.1. The topological polar surface area (TPSA) is 52.6 Å². The Kier molecular flexibility index (Phi) is 6.72. The summed E-state index contributed by atoms with van der Waals surface area (Å²) in [5.74, 6) is 0. The molecule has 3 rings (SSSR count). The fraction of sp³-hybridized carbons (Fsp3) is 0.700. The lowest BCUT2D eigenvalue weighted by Crippen LogP contribution is -2.44. The molecule has 2 fully saturated rings. The molecule has 146 valence electrons. The van der Waals surface area contributed by atoms with Crippen LogP contribution in [0.3, 0.4) is 0 Å².